The Kier molecular flexibility index (Phi) is 6.35. The fourth-order valence-corrected chi connectivity index (χ4v) is 5.10. The Morgan fingerprint density at radius 1 is 1.03 bits per heavy atom. The number of halogens is 3. The van der Waals surface area contributed by atoms with Gasteiger partial charge in [0.1, 0.15) is 12.1 Å². The summed E-state index contributed by atoms with van der Waals surface area (Å²) in [6, 6.07) is 5.33. The molecule has 3 aromatic rings. The van der Waals surface area contributed by atoms with Gasteiger partial charge in [-0.1, -0.05) is 18.6 Å². The molecule has 1 amide bonds. The zero-order valence-electron chi connectivity index (χ0n) is 19.6. The fourth-order valence-electron chi connectivity index (χ4n) is 5.10. The Morgan fingerprint density at radius 3 is 2.49 bits per heavy atom. The number of nitrogens with zero attached hydrogens (tertiary/aromatic N) is 7. The minimum absolute atomic E-state index is 0.0452. The molecule has 35 heavy (non-hydrogen) atoms. The first kappa shape index (κ1) is 23.5. The number of hydrogen-bond acceptors (Lipinski definition) is 6. The lowest BCUT2D eigenvalue weighted by Crippen LogP contribution is -2.52. The molecule has 0 spiro atoms. The molecule has 2 aromatic heterocycles. The zero-order chi connectivity index (χ0) is 24.6. The van der Waals surface area contributed by atoms with Crippen LogP contribution in [0.25, 0.3) is 11.0 Å². The van der Waals surface area contributed by atoms with Crippen LogP contribution in [-0.2, 0) is 18.0 Å². The molecule has 5 rings (SSSR count). The van der Waals surface area contributed by atoms with E-state index in [1.165, 1.54) is 6.33 Å². The van der Waals surface area contributed by atoms with Crippen molar-refractivity contribution in [2.24, 2.45) is 7.05 Å². The molecule has 0 N–H and O–H groups in total. The lowest BCUT2D eigenvalue weighted by Gasteiger charge is -2.39. The number of likely N-dealkylation sites (tertiary alicyclic amines) is 1. The first-order valence-corrected chi connectivity index (χ1v) is 11.9. The van der Waals surface area contributed by atoms with Gasteiger partial charge in [-0.3, -0.25) is 14.4 Å². The second kappa shape index (κ2) is 9.44. The van der Waals surface area contributed by atoms with Crippen LogP contribution >= 0.6 is 0 Å². The van der Waals surface area contributed by atoms with Gasteiger partial charge in [0.15, 0.2) is 5.65 Å². The minimum Gasteiger partial charge on any atom is -0.352 e. The quantitative estimate of drug-likeness (QED) is 0.563. The van der Waals surface area contributed by atoms with Crippen LogP contribution in [0.2, 0.25) is 0 Å². The Hall–Kier alpha value is -3.21. The Labute approximate surface area is 201 Å². The lowest BCUT2D eigenvalue weighted by atomic mass is 9.94. The van der Waals surface area contributed by atoms with E-state index < -0.39 is 11.7 Å². The number of amides is 1. The van der Waals surface area contributed by atoms with Crippen LogP contribution < -0.4 is 4.90 Å². The van der Waals surface area contributed by atoms with Gasteiger partial charge in [-0.05, 0) is 37.1 Å². The number of carbonyl (C=O) groups is 1. The molecular weight excluding hydrogens is 459 g/mol. The van der Waals surface area contributed by atoms with Crippen molar-refractivity contribution in [1.82, 2.24) is 29.5 Å². The molecule has 0 aliphatic carbocycles. The summed E-state index contributed by atoms with van der Waals surface area (Å²) in [5.41, 5.74) is 0.956. The third kappa shape index (κ3) is 4.82. The van der Waals surface area contributed by atoms with Crippen molar-refractivity contribution in [3.05, 3.63) is 47.9 Å². The summed E-state index contributed by atoms with van der Waals surface area (Å²) in [6.07, 6.45) is 1.76. The molecule has 2 aliphatic rings. The third-order valence-electron chi connectivity index (χ3n) is 7.02. The van der Waals surface area contributed by atoms with Crippen molar-refractivity contribution in [3.63, 3.8) is 0 Å². The van der Waals surface area contributed by atoms with E-state index >= 15 is 0 Å². The van der Waals surface area contributed by atoms with E-state index in [-0.39, 0.29) is 18.5 Å². The van der Waals surface area contributed by atoms with Crippen LogP contribution in [0.1, 0.15) is 36.4 Å². The standard InChI is InChI=1S/C24H28F3N7O/c1-31-22-19(14-30-31)23(29-16-28-22)33-12-10-32(11-13-33)21(35)15-34-9-3-2-4-20(34)17-5-7-18(8-6-17)24(25,26)27/h5-8,14,16,20H,2-4,9-13,15H2,1H3. The Bertz CT molecular complexity index is 1190. The molecule has 2 aliphatic heterocycles. The van der Waals surface area contributed by atoms with Crippen LogP contribution in [0.4, 0.5) is 19.0 Å². The molecule has 2 fully saturated rings. The summed E-state index contributed by atoms with van der Waals surface area (Å²) < 4.78 is 40.6. The second-order valence-electron chi connectivity index (χ2n) is 9.17. The number of fused-ring (bicyclic) bond motifs is 1. The summed E-state index contributed by atoms with van der Waals surface area (Å²) in [5, 5.41) is 5.16. The number of carbonyl (C=O) groups excluding carboxylic acids is 1. The van der Waals surface area contributed by atoms with Crippen molar-refractivity contribution >= 4 is 22.8 Å². The third-order valence-corrected chi connectivity index (χ3v) is 7.02. The minimum atomic E-state index is -4.35. The average molecular weight is 488 g/mol. The van der Waals surface area contributed by atoms with E-state index in [9.17, 15) is 18.0 Å². The summed E-state index contributed by atoms with van der Waals surface area (Å²) in [7, 11) is 1.84. The topological polar surface area (TPSA) is 70.4 Å². The second-order valence-corrected chi connectivity index (χ2v) is 9.17. The van der Waals surface area contributed by atoms with E-state index in [1.807, 2.05) is 11.9 Å². The molecule has 0 radical (unpaired) electrons. The number of anilines is 1. The monoisotopic (exact) mass is 487 g/mol. The number of alkyl halides is 3. The lowest BCUT2D eigenvalue weighted by molar-refractivity contribution is -0.137. The first-order valence-electron chi connectivity index (χ1n) is 11.9. The first-order chi connectivity index (χ1) is 16.8. The molecule has 8 nitrogen and oxygen atoms in total. The van der Waals surface area contributed by atoms with Gasteiger partial charge >= 0.3 is 6.18 Å². The summed E-state index contributed by atoms with van der Waals surface area (Å²) >= 11 is 0. The fraction of sp³-hybridized carbons (Fsp3) is 0.500. The van der Waals surface area contributed by atoms with Crippen molar-refractivity contribution in [2.75, 3.05) is 44.2 Å². The maximum absolute atomic E-state index is 13.2. The van der Waals surface area contributed by atoms with Gasteiger partial charge in [0.25, 0.3) is 0 Å². The van der Waals surface area contributed by atoms with Crippen molar-refractivity contribution in [3.8, 4) is 0 Å². The van der Waals surface area contributed by atoms with Crippen molar-refractivity contribution in [2.45, 2.75) is 31.5 Å². The summed E-state index contributed by atoms with van der Waals surface area (Å²) in [4.78, 5) is 28.0. The number of aryl methyl sites for hydroxylation is 1. The van der Waals surface area contributed by atoms with Gasteiger partial charge in [0.2, 0.25) is 5.91 Å². The van der Waals surface area contributed by atoms with Crippen LogP contribution in [-0.4, -0.2) is 74.7 Å². The number of hydrogen-bond donors (Lipinski definition) is 0. The van der Waals surface area contributed by atoms with E-state index in [2.05, 4.69) is 24.9 Å². The average Bonchev–Trinajstić information content (AvgIpc) is 3.25. The summed E-state index contributed by atoms with van der Waals surface area (Å²) in [6.45, 7) is 3.53. The van der Waals surface area contributed by atoms with Gasteiger partial charge < -0.3 is 9.80 Å². The predicted octanol–water partition coefficient (Wildman–Crippen LogP) is 3.26. The van der Waals surface area contributed by atoms with Crippen molar-refractivity contribution in [1.29, 1.82) is 0 Å². The number of benzene rings is 1. The highest BCUT2D eigenvalue weighted by molar-refractivity contribution is 5.87. The number of piperazine rings is 1. The van der Waals surface area contributed by atoms with E-state index in [1.54, 1.807) is 23.0 Å². The zero-order valence-corrected chi connectivity index (χ0v) is 19.6. The molecule has 0 bridgehead atoms. The van der Waals surface area contributed by atoms with Gasteiger partial charge in [-0.15, -0.1) is 0 Å². The van der Waals surface area contributed by atoms with E-state index in [4.69, 9.17) is 0 Å². The SMILES string of the molecule is Cn1ncc2c(N3CCN(C(=O)CN4CCCCC4c4ccc(C(F)(F)F)cc4)CC3)ncnc21. The van der Waals surface area contributed by atoms with Crippen molar-refractivity contribution < 1.29 is 18.0 Å². The van der Waals surface area contributed by atoms with Crippen LogP contribution in [0.5, 0.6) is 0 Å². The van der Waals surface area contributed by atoms with Gasteiger partial charge in [-0.2, -0.15) is 18.3 Å². The molecule has 0 saturated carbocycles. The summed E-state index contributed by atoms with van der Waals surface area (Å²) in [5.74, 6) is 0.881. The number of rotatable bonds is 4. The molecule has 4 heterocycles. The molecule has 11 heteroatoms. The van der Waals surface area contributed by atoms with Crippen LogP contribution in [0.3, 0.4) is 0 Å². The van der Waals surface area contributed by atoms with Gasteiger partial charge in [0.05, 0.1) is 23.7 Å². The molecule has 2 saturated heterocycles. The highest BCUT2D eigenvalue weighted by Crippen LogP contribution is 2.34. The van der Waals surface area contributed by atoms with Crippen LogP contribution in [0.15, 0.2) is 36.8 Å². The highest BCUT2D eigenvalue weighted by Gasteiger charge is 2.32. The van der Waals surface area contributed by atoms with E-state index in [0.717, 1.165) is 60.4 Å². The van der Waals surface area contributed by atoms with Crippen LogP contribution in [0, 0.1) is 0 Å². The molecular formula is C24H28F3N7O. The predicted molar refractivity (Wildman–Crippen MR) is 125 cm³/mol. The molecule has 1 atom stereocenters. The number of piperidine rings is 1. The van der Waals surface area contributed by atoms with Gasteiger partial charge in [0, 0.05) is 39.3 Å². The Morgan fingerprint density at radius 2 is 1.77 bits per heavy atom. The normalized spacial score (nSPS) is 19.9. The maximum Gasteiger partial charge on any atom is 0.416 e. The largest absolute Gasteiger partial charge is 0.416 e. The molecule has 1 unspecified atom stereocenters. The maximum atomic E-state index is 13.2. The molecule has 186 valence electrons. The molecule has 1 aromatic carbocycles. The number of aromatic nitrogens is 4. The smallest absolute Gasteiger partial charge is 0.352 e. The highest BCUT2D eigenvalue weighted by atomic mass is 19.4. The Balaban J connectivity index is 1.22. The van der Waals surface area contributed by atoms with E-state index in [0.29, 0.717) is 26.2 Å². The van der Waals surface area contributed by atoms with Gasteiger partial charge in [-0.25, -0.2) is 9.97 Å².